The molecule has 0 unspecified atom stereocenters. The molecule has 0 aromatic heterocycles. The summed E-state index contributed by atoms with van der Waals surface area (Å²) in [5.41, 5.74) is 8.89. The summed E-state index contributed by atoms with van der Waals surface area (Å²) in [6.45, 7) is 4.71. The topological polar surface area (TPSA) is 34.1 Å². The Kier molecular flexibility index (Phi) is 7.43. The van der Waals surface area contributed by atoms with Crippen molar-refractivity contribution >= 4 is 33.5 Å². The van der Waals surface area contributed by atoms with Gasteiger partial charge in [-0.05, 0) is 87.8 Å². The second-order valence-corrected chi connectivity index (χ2v) is 11.0. The largest absolute Gasteiger partial charge is 0.493 e. The summed E-state index contributed by atoms with van der Waals surface area (Å²) in [4.78, 5) is 7.63. The van der Waals surface area contributed by atoms with Gasteiger partial charge in [-0.3, -0.25) is 4.99 Å². The number of ether oxygens (including phenoxy) is 2. The first-order valence-electron chi connectivity index (χ1n) is 13.7. The highest BCUT2D eigenvalue weighted by atomic mass is 79.9. The summed E-state index contributed by atoms with van der Waals surface area (Å²) in [5, 5.41) is 0. The van der Waals surface area contributed by atoms with Crippen LogP contribution in [0.5, 0.6) is 11.5 Å². The number of halogens is 1. The molecule has 2 heterocycles. The van der Waals surface area contributed by atoms with Crippen molar-refractivity contribution in [1.82, 2.24) is 0 Å². The number of anilines is 1. The second-order valence-electron chi connectivity index (χ2n) is 10.2. The lowest BCUT2D eigenvalue weighted by Crippen LogP contribution is -2.37. The third-order valence-electron chi connectivity index (χ3n) is 7.90. The highest BCUT2D eigenvalue weighted by Crippen LogP contribution is 2.50. The lowest BCUT2D eigenvalue weighted by molar-refractivity contribution is 0.309. The van der Waals surface area contributed by atoms with Crippen LogP contribution in [0.25, 0.3) is 0 Å². The first-order valence-corrected chi connectivity index (χ1v) is 14.5. The number of hydrogen-bond donors (Lipinski definition) is 0. The van der Waals surface area contributed by atoms with Gasteiger partial charge in [0.05, 0.1) is 23.9 Å². The molecule has 5 heteroatoms. The minimum Gasteiger partial charge on any atom is -0.493 e. The van der Waals surface area contributed by atoms with Crippen molar-refractivity contribution < 1.29 is 9.47 Å². The molecule has 2 aliphatic rings. The third kappa shape index (κ3) is 5.08. The van der Waals surface area contributed by atoms with Crippen LogP contribution in [0.4, 0.5) is 11.4 Å². The molecule has 0 radical (unpaired) electrons. The van der Waals surface area contributed by atoms with Gasteiger partial charge in [-0.2, -0.15) is 0 Å². The normalized spacial score (nSPS) is 18.2. The van der Waals surface area contributed by atoms with Gasteiger partial charge in [0.2, 0.25) is 0 Å². The number of benzene rings is 4. The van der Waals surface area contributed by atoms with E-state index in [0.717, 1.165) is 41.7 Å². The van der Waals surface area contributed by atoms with Gasteiger partial charge >= 0.3 is 0 Å². The number of rotatable bonds is 7. The quantitative estimate of drug-likeness (QED) is 0.205. The predicted molar refractivity (Wildman–Crippen MR) is 164 cm³/mol. The van der Waals surface area contributed by atoms with E-state index in [4.69, 9.17) is 14.5 Å². The van der Waals surface area contributed by atoms with Crippen LogP contribution in [0.1, 0.15) is 59.4 Å². The van der Waals surface area contributed by atoms with Gasteiger partial charge in [0.1, 0.15) is 0 Å². The Hall–Kier alpha value is -3.57. The van der Waals surface area contributed by atoms with Crippen molar-refractivity contribution in [1.29, 1.82) is 0 Å². The molecule has 2 aliphatic heterocycles. The molecule has 0 N–H and O–H groups in total. The maximum absolute atomic E-state index is 5.77. The van der Waals surface area contributed by atoms with Crippen molar-refractivity contribution in [2.45, 2.75) is 31.6 Å². The summed E-state index contributed by atoms with van der Waals surface area (Å²) in [5.74, 6) is 2.13. The van der Waals surface area contributed by atoms with Crippen LogP contribution in [0.15, 0.2) is 94.4 Å². The molecule has 0 spiro atoms. The molecule has 4 aromatic carbocycles. The maximum Gasteiger partial charge on any atom is 0.175 e. The van der Waals surface area contributed by atoms with Crippen molar-refractivity contribution in [2.24, 2.45) is 4.99 Å². The fraction of sp³-hybridized carbons (Fsp3) is 0.265. The van der Waals surface area contributed by atoms with Gasteiger partial charge in [0, 0.05) is 36.8 Å². The lowest BCUT2D eigenvalue weighted by atomic mass is 9.76. The first kappa shape index (κ1) is 25.7. The number of methoxy groups -OCH3 is 1. The zero-order chi connectivity index (χ0) is 26.8. The molecule has 6 rings (SSSR count). The average Bonchev–Trinajstić information content (AvgIpc) is 2.98. The Balaban J connectivity index is 1.46. The molecule has 0 aliphatic carbocycles. The molecule has 0 bridgehead atoms. The molecule has 0 saturated heterocycles. The van der Waals surface area contributed by atoms with E-state index in [-0.39, 0.29) is 0 Å². The van der Waals surface area contributed by atoms with Crippen LogP contribution in [0.3, 0.4) is 0 Å². The molecule has 0 fully saturated rings. The van der Waals surface area contributed by atoms with E-state index >= 15 is 0 Å². The summed E-state index contributed by atoms with van der Waals surface area (Å²) in [7, 11) is 1.67. The zero-order valence-electron chi connectivity index (χ0n) is 22.4. The van der Waals surface area contributed by atoms with Crippen molar-refractivity contribution in [3.63, 3.8) is 0 Å². The van der Waals surface area contributed by atoms with E-state index in [2.05, 4.69) is 93.6 Å². The Morgan fingerprint density at radius 3 is 2.00 bits per heavy atom. The van der Waals surface area contributed by atoms with Crippen molar-refractivity contribution in [3.8, 4) is 11.5 Å². The summed E-state index contributed by atoms with van der Waals surface area (Å²) >= 11 is 3.65. The lowest BCUT2D eigenvalue weighted by Gasteiger charge is -2.43. The second kappa shape index (κ2) is 11.3. The fourth-order valence-corrected chi connectivity index (χ4v) is 6.74. The van der Waals surface area contributed by atoms with Crippen molar-refractivity contribution in [3.05, 3.63) is 117 Å². The van der Waals surface area contributed by atoms with Crippen LogP contribution in [-0.4, -0.2) is 33.0 Å². The SMILES string of the molecule is CCOc1c(Br)cc(C=Nc2cc3c4c(c2)[C@H](c2ccccc2)CCN4CC[C@@H]3c2ccccc2)cc1OC. The van der Waals surface area contributed by atoms with E-state index in [1.807, 2.05) is 25.3 Å². The monoisotopic (exact) mass is 580 g/mol. The predicted octanol–water partition coefficient (Wildman–Crippen LogP) is 8.48. The van der Waals surface area contributed by atoms with Gasteiger partial charge < -0.3 is 14.4 Å². The molecule has 2 atom stereocenters. The highest BCUT2D eigenvalue weighted by Gasteiger charge is 2.35. The molecule has 4 aromatic rings. The van der Waals surface area contributed by atoms with E-state index in [0.29, 0.717) is 29.9 Å². The van der Waals surface area contributed by atoms with Gasteiger partial charge in [-0.15, -0.1) is 0 Å². The summed E-state index contributed by atoms with van der Waals surface area (Å²) in [6, 6.07) is 30.5. The van der Waals surface area contributed by atoms with Crippen LogP contribution in [-0.2, 0) is 0 Å². The summed E-state index contributed by atoms with van der Waals surface area (Å²) < 4.78 is 12.2. The van der Waals surface area contributed by atoms with Gasteiger partial charge in [0.25, 0.3) is 0 Å². The number of aliphatic imine (C=N–C) groups is 1. The van der Waals surface area contributed by atoms with Crippen LogP contribution < -0.4 is 14.4 Å². The van der Waals surface area contributed by atoms with Crippen molar-refractivity contribution in [2.75, 3.05) is 31.7 Å². The summed E-state index contributed by atoms with van der Waals surface area (Å²) in [6.07, 6.45) is 4.15. The molecule has 39 heavy (non-hydrogen) atoms. The molecule has 0 saturated carbocycles. The van der Waals surface area contributed by atoms with Gasteiger partial charge in [-0.1, -0.05) is 60.7 Å². The van der Waals surface area contributed by atoms with Crippen LogP contribution in [0.2, 0.25) is 0 Å². The fourth-order valence-electron chi connectivity index (χ4n) is 6.16. The minimum atomic E-state index is 0.362. The van der Waals surface area contributed by atoms with Crippen LogP contribution >= 0.6 is 15.9 Å². The molecular formula is C34H33BrN2O2. The molecule has 4 nitrogen and oxygen atoms in total. The van der Waals surface area contributed by atoms with E-state index < -0.39 is 0 Å². The van der Waals surface area contributed by atoms with E-state index in [1.54, 1.807) is 7.11 Å². The zero-order valence-corrected chi connectivity index (χ0v) is 24.0. The highest BCUT2D eigenvalue weighted by molar-refractivity contribution is 9.10. The first-order chi connectivity index (χ1) is 19.2. The van der Waals surface area contributed by atoms with Gasteiger partial charge in [-0.25, -0.2) is 0 Å². The molecular weight excluding hydrogens is 548 g/mol. The minimum absolute atomic E-state index is 0.362. The smallest absolute Gasteiger partial charge is 0.175 e. The standard InChI is InChI=1S/C34H33BrN2O2/c1-3-39-34-31(35)18-23(19-32(34)38-2)22-36-26-20-29-27(24-10-6-4-7-11-24)14-16-37-17-15-28(30(21-26)33(29)37)25-12-8-5-9-13-25/h4-13,18-22,27-28H,3,14-17H2,1-2H3/t27-,28+. The molecule has 198 valence electrons. The average molecular weight is 582 g/mol. The molecule has 0 amide bonds. The van der Waals surface area contributed by atoms with E-state index in [1.165, 1.54) is 27.9 Å². The Morgan fingerprint density at radius 1 is 0.872 bits per heavy atom. The third-order valence-corrected chi connectivity index (χ3v) is 8.49. The Bertz CT molecular complexity index is 1410. The number of hydrogen-bond acceptors (Lipinski definition) is 4. The van der Waals surface area contributed by atoms with Gasteiger partial charge in [0.15, 0.2) is 11.5 Å². The number of nitrogens with zero attached hydrogens (tertiary/aromatic N) is 2. The van der Waals surface area contributed by atoms with E-state index in [9.17, 15) is 0 Å². The van der Waals surface area contributed by atoms with Crippen LogP contribution in [0, 0.1) is 0 Å². The Labute approximate surface area is 239 Å². The Morgan fingerprint density at radius 2 is 1.46 bits per heavy atom. The maximum atomic E-state index is 5.77.